The first-order chi connectivity index (χ1) is 10.6. The lowest BCUT2D eigenvalue weighted by molar-refractivity contribution is -0.137. The second-order valence-corrected chi connectivity index (χ2v) is 5.95. The molecule has 1 aromatic carbocycles. The maximum absolute atomic E-state index is 13.0. The zero-order valence-electron chi connectivity index (χ0n) is 13.5. The Morgan fingerprint density at radius 3 is 2.48 bits per heavy atom. The Bertz CT molecular complexity index is 478. The molecule has 0 radical (unpaired) electrons. The first-order valence-electron chi connectivity index (χ1n) is 7.91. The lowest BCUT2D eigenvalue weighted by Crippen LogP contribution is -2.50. The number of ether oxygens (including phenoxy) is 1. The van der Waals surface area contributed by atoms with Crippen molar-refractivity contribution < 1.29 is 13.9 Å². The number of benzene rings is 1. The fourth-order valence-corrected chi connectivity index (χ4v) is 3.03. The summed E-state index contributed by atoms with van der Waals surface area (Å²) in [6.45, 7) is 0.687. The standard InChI is InChI=1S/C17H25FN2O2.ClH/c1-22-12-16(19)17(21)20(15-5-3-2-4-6-15)11-13-7-9-14(18)10-8-13;/h7-10,15-16H,2-6,11-12,19H2,1H3;1H. The summed E-state index contributed by atoms with van der Waals surface area (Å²) in [5, 5.41) is 0. The molecule has 0 heterocycles. The Morgan fingerprint density at radius 2 is 1.91 bits per heavy atom. The minimum Gasteiger partial charge on any atom is -0.383 e. The van der Waals surface area contributed by atoms with Gasteiger partial charge in [-0.05, 0) is 30.5 Å². The van der Waals surface area contributed by atoms with Gasteiger partial charge in [-0.1, -0.05) is 31.4 Å². The van der Waals surface area contributed by atoms with E-state index < -0.39 is 6.04 Å². The molecule has 1 fully saturated rings. The molecule has 0 bridgehead atoms. The molecule has 0 aliphatic heterocycles. The van der Waals surface area contributed by atoms with Crippen LogP contribution in [0.1, 0.15) is 37.7 Å². The number of carbonyl (C=O) groups is 1. The minimum absolute atomic E-state index is 0. The van der Waals surface area contributed by atoms with Crippen molar-refractivity contribution in [1.82, 2.24) is 4.90 Å². The molecule has 6 heteroatoms. The van der Waals surface area contributed by atoms with E-state index in [0.717, 1.165) is 31.2 Å². The zero-order chi connectivity index (χ0) is 15.9. The van der Waals surface area contributed by atoms with Crippen molar-refractivity contribution in [1.29, 1.82) is 0 Å². The Kier molecular flexibility index (Phi) is 8.52. The van der Waals surface area contributed by atoms with Gasteiger partial charge in [0.1, 0.15) is 11.9 Å². The van der Waals surface area contributed by atoms with Crippen LogP contribution in [0.5, 0.6) is 0 Å². The highest BCUT2D eigenvalue weighted by molar-refractivity contribution is 5.85. The largest absolute Gasteiger partial charge is 0.383 e. The smallest absolute Gasteiger partial charge is 0.242 e. The van der Waals surface area contributed by atoms with Gasteiger partial charge in [-0.2, -0.15) is 0 Å². The van der Waals surface area contributed by atoms with Gasteiger partial charge in [0, 0.05) is 19.7 Å². The van der Waals surface area contributed by atoms with Crippen molar-refractivity contribution in [3.8, 4) is 0 Å². The van der Waals surface area contributed by atoms with Gasteiger partial charge in [0.15, 0.2) is 0 Å². The molecule has 1 atom stereocenters. The Labute approximate surface area is 143 Å². The second-order valence-electron chi connectivity index (χ2n) is 5.95. The van der Waals surface area contributed by atoms with Crippen molar-refractivity contribution in [3.05, 3.63) is 35.6 Å². The number of rotatable bonds is 6. The lowest BCUT2D eigenvalue weighted by atomic mass is 9.93. The highest BCUT2D eigenvalue weighted by Crippen LogP contribution is 2.24. The number of amides is 1. The highest BCUT2D eigenvalue weighted by atomic mass is 35.5. The Hall–Kier alpha value is -1.17. The van der Waals surface area contributed by atoms with E-state index in [1.54, 1.807) is 12.1 Å². The summed E-state index contributed by atoms with van der Waals surface area (Å²) in [6, 6.07) is 5.87. The number of halogens is 2. The quantitative estimate of drug-likeness (QED) is 0.863. The molecular weight excluding hydrogens is 319 g/mol. The monoisotopic (exact) mass is 344 g/mol. The van der Waals surface area contributed by atoms with Gasteiger partial charge >= 0.3 is 0 Å². The average Bonchev–Trinajstić information content (AvgIpc) is 2.55. The van der Waals surface area contributed by atoms with Crippen LogP contribution in [-0.4, -0.2) is 36.6 Å². The first-order valence-corrected chi connectivity index (χ1v) is 7.91. The number of carbonyl (C=O) groups excluding carboxylic acids is 1. The van der Waals surface area contributed by atoms with Gasteiger partial charge in [-0.3, -0.25) is 4.79 Å². The molecular formula is C17H26ClFN2O2. The molecule has 1 aliphatic rings. The fourth-order valence-electron chi connectivity index (χ4n) is 3.03. The summed E-state index contributed by atoms with van der Waals surface area (Å²) in [7, 11) is 1.54. The summed E-state index contributed by atoms with van der Waals surface area (Å²) in [5.41, 5.74) is 6.86. The van der Waals surface area contributed by atoms with E-state index in [9.17, 15) is 9.18 Å². The molecule has 1 unspecified atom stereocenters. The van der Waals surface area contributed by atoms with E-state index in [4.69, 9.17) is 10.5 Å². The molecule has 0 spiro atoms. The number of methoxy groups -OCH3 is 1. The predicted octanol–water partition coefficient (Wildman–Crippen LogP) is 2.88. The Morgan fingerprint density at radius 1 is 1.30 bits per heavy atom. The number of nitrogens with zero attached hydrogens (tertiary/aromatic N) is 1. The molecule has 1 aliphatic carbocycles. The summed E-state index contributed by atoms with van der Waals surface area (Å²) in [6.07, 6.45) is 5.51. The van der Waals surface area contributed by atoms with Crippen molar-refractivity contribution >= 4 is 18.3 Å². The summed E-state index contributed by atoms with van der Waals surface area (Å²) >= 11 is 0. The second kappa shape index (κ2) is 9.85. The molecule has 1 amide bonds. The third-order valence-corrected chi connectivity index (χ3v) is 4.23. The number of hydrogen-bond donors (Lipinski definition) is 1. The van der Waals surface area contributed by atoms with Gasteiger partial charge in [0.2, 0.25) is 5.91 Å². The molecule has 2 N–H and O–H groups in total. The third kappa shape index (κ3) is 5.75. The van der Waals surface area contributed by atoms with E-state index in [1.165, 1.54) is 25.7 Å². The van der Waals surface area contributed by atoms with Gasteiger partial charge < -0.3 is 15.4 Å². The summed E-state index contributed by atoms with van der Waals surface area (Å²) < 4.78 is 18.1. The SMILES string of the molecule is COCC(N)C(=O)N(Cc1ccc(F)cc1)C1CCCCC1.Cl. The fraction of sp³-hybridized carbons (Fsp3) is 0.588. The van der Waals surface area contributed by atoms with Crippen molar-refractivity contribution in [2.75, 3.05) is 13.7 Å². The van der Waals surface area contributed by atoms with Crippen LogP contribution < -0.4 is 5.73 Å². The van der Waals surface area contributed by atoms with Crippen LogP contribution in [0.15, 0.2) is 24.3 Å². The number of nitrogens with two attached hydrogens (primary N) is 1. The number of hydrogen-bond acceptors (Lipinski definition) is 3. The van der Waals surface area contributed by atoms with Crippen LogP contribution in [0, 0.1) is 5.82 Å². The molecule has 2 rings (SSSR count). The summed E-state index contributed by atoms with van der Waals surface area (Å²) in [5.74, 6) is -0.353. The first kappa shape index (κ1) is 19.9. The van der Waals surface area contributed by atoms with Gasteiger partial charge in [-0.25, -0.2) is 4.39 Å². The van der Waals surface area contributed by atoms with Crippen molar-refractivity contribution in [2.45, 2.75) is 50.7 Å². The van der Waals surface area contributed by atoms with Crippen molar-refractivity contribution in [2.24, 2.45) is 5.73 Å². The molecule has 1 aromatic rings. The van der Waals surface area contributed by atoms with Gasteiger partial charge in [-0.15, -0.1) is 12.4 Å². The zero-order valence-corrected chi connectivity index (χ0v) is 14.4. The van der Waals surface area contributed by atoms with E-state index in [2.05, 4.69) is 0 Å². The third-order valence-electron chi connectivity index (χ3n) is 4.23. The maximum Gasteiger partial charge on any atom is 0.242 e. The molecule has 4 nitrogen and oxygen atoms in total. The van der Waals surface area contributed by atoms with Crippen LogP contribution in [0.4, 0.5) is 4.39 Å². The van der Waals surface area contributed by atoms with Crippen molar-refractivity contribution in [3.63, 3.8) is 0 Å². The molecule has 23 heavy (non-hydrogen) atoms. The maximum atomic E-state index is 13.0. The Balaban J connectivity index is 0.00000264. The van der Waals surface area contributed by atoms with E-state index in [1.807, 2.05) is 4.90 Å². The topological polar surface area (TPSA) is 55.6 Å². The lowest BCUT2D eigenvalue weighted by Gasteiger charge is -2.36. The van der Waals surface area contributed by atoms with Gasteiger partial charge in [0.25, 0.3) is 0 Å². The minimum atomic E-state index is -0.646. The van der Waals surface area contributed by atoms with Crippen LogP contribution in [-0.2, 0) is 16.1 Å². The molecule has 130 valence electrons. The molecule has 1 saturated carbocycles. The average molecular weight is 345 g/mol. The van der Waals surface area contributed by atoms with E-state index >= 15 is 0 Å². The van der Waals surface area contributed by atoms with E-state index in [0.29, 0.717) is 6.54 Å². The van der Waals surface area contributed by atoms with Crippen LogP contribution in [0.25, 0.3) is 0 Å². The highest BCUT2D eigenvalue weighted by Gasteiger charge is 2.28. The molecule has 0 aromatic heterocycles. The van der Waals surface area contributed by atoms with Crippen LogP contribution in [0.3, 0.4) is 0 Å². The molecule has 0 saturated heterocycles. The van der Waals surface area contributed by atoms with Gasteiger partial charge in [0.05, 0.1) is 6.61 Å². The van der Waals surface area contributed by atoms with Crippen LogP contribution in [0.2, 0.25) is 0 Å². The van der Waals surface area contributed by atoms with Crippen LogP contribution >= 0.6 is 12.4 Å². The predicted molar refractivity (Wildman–Crippen MR) is 90.9 cm³/mol. The normalized spacial score (nSPS) is 16.5. The summed E-state index contributed by atoms with van der Waals surface area (Å²) in [4.78, 5) is 14.5. The van der Waals surface area contributed by atoms with E-state index in [-0.39, 0.29) is 36.8 Å².